The highest BCUT2D eigenvalue weighted by atomic mass is 35.5. The summed E-state index contributed by atoms with van der Waals surface area (Å²) < 4.78 is 0. The van der Waals surface area contributed by atoms with E-state index in [2.05, 4.69) is 4.90 Å². The summed E-state index contributed by atoms with van der Waals surface area (Å²) in [4.78, 5) is 13.4. The van der Waals surface area contributed by atoms with Crippen LogP contribution in [0.4, 0.5) is 0 Å². The molecule has 1 unspecified atom stereocenters. The average molecular weight is 282 g/mol. The Morgan fingerprint density at radius 2 is 2.05 bits per heavy atom. The van der Waals surface area contributed by atoms with Crippen LogP contribution in [0.5, 0.6) is 0 Å². The van der Waals surface area contributed by atoms with Gasteiger partial charge in [0.15, 0.2) is 0 Å². The van der Waals surface area contributed by atoms with Crippen LogP contribution in [-0.4, -0.2) is 29.1 Å². The Balaban J connectivity index is 2.24. The molecule has 0 radical (unpaired) electrons. The van der Waals surface area contributed by atoms with Crippen molar-refractivity contribution in [3.8, 4) is 0 Å². The molecule has 1 fully saturated rings. The zero-order valence-corrected chi connectivity index (χ0v) is 12.0. The zero-order chi connectivity index (χ0) is 13.8. The number of nitrogens with zero attached hydrogens (tertiary/aromatic N) is 1. The highest BCUT2D eigenvalue weighted by molar-refractivity contribution is 6.31. The zero-order valence-electron chi connectivity index (χ0n) is 11.2. The third-order valence-electron chi connectivity index (χ3n) is 3.78. The van der Waals surface area contributed by atoms with Crippen molar-refractivity contribution in [2.45, 2.75) is 38.6 Å². The van der Waals surface area contributed by atoms with Gasteiger partial charge in [0.25, 0.3) is 0 Å². The van der Waals surface area contributed by atoms with E-state index in [4.69, 9.17) is 16.7 Å². The van der Waals surface area contributed by atoms with Gasteiger partial charge in [-0.05, 0) is 50.0 Å². The van der Waals surface area contributed by atoms with Gasteiger partial charge in [0.2, 0.25) is 0 Å². The van der Waals surface area contributed by atoms with Gasteiger partial charge in [0.1, 0.15) is 0 Å². The molecule has 1 heterocycles. The quantitative estimate of drug-likeness (QED) is 0.916. The van der Waals surface area contributed by atoms with Crippen molar-refractivity contribution in [1.82, 2.24) is 4.90 Å². The van der Waals surface area contributed by atoms with Crippen LogP contribution >= 0.6 is 11.6 Å². The number of carboxylic acid groups (broad SMARTS) is 1. The summed E-state index contributed by atoms with van der Waals surface area (Å²) in [6, 6.07) is 5.83. The van der Waals surface area contributed by atoms with Gasteiger partial charge in [-0.3, -0.25) is 9.69 Å². The van der Waals surface area contributed by atoms with Crippen molar-refractivity contribution in [2.24, 2.45) is 0 Å². The summed E-state index contributed by atoms with van der Waals surface area (Å²) in [5.41, 5.74) is 2.04. The van der Waals surface area contributed by atoms with Crippen LogP contribution < -0.4 is 0 Å². The van der Waals surface area contributed by atoms with Gasteiger partial charge in [0, 0.05) is 11.1 Å². The van der Waals surface area contributed by atoms with Crippen LogP contribution in [0, 0.1) is 6.92 Å². The number of piperidine rings is 1. The van der Waals surface area contributed by atoms with E-state index in [-0.39, 0.29) is 12.5 Å². The topological polar surface area (TPSA) is 40.5 Å². The molecule has 3 nitrogen and oxygen atoms in total. The van der Waals surface area contributed by atoms with Gasteiger partial charge in [-0.2, -0.15) is 0 Å². The third-order valence-corrected chi connectivity index (χ3v) is 4.19. The molecule has 0 bridgehead atoms. The smallest absolute Gasteiger partial charge is 0.305 e. The van der Waals surface area contributed by atoms with Crippen molar-refractivity contribution < 1.29 is 9.90 Å². The number of rotatable bonds is 4. The average Bonchev–Trinajstić information content (AvgIpc) is 2.40. The van der Waals surface area contributed by atoms with Crippen molar-refractivity contribution in [3.05, 3.63) is 34.3 Å². The second kappa shape index (κ2) is 6.40. The van der Waals surface area contributed by atoms with E-state index in [0.29, 0.717) is 5.02 Å². The first kappa shape index (κ1) is 14.4. The molecule has 1 aromatic carbocycles. The molecule has 1 saturated heterocycles. The number of halogens is 1. The number of hydrogen-bond donors (Lipinski definition) is 1. The molecule has 0 amide bonds. The summed E-state index contributed by atoms with van der Waals surface area (Å²) in [6.45, 7) is 3.91. The predicted octanol–water partition coefficient (Wildman–Crippen LogP) is 3.65. The Labute approximate surface area is 119 Å². The lowest BCUT2D eigenvalue weighted by Gasteiger charge is -2.34. The normalized spacial score (nSPS) is 18.2. The number of likely N-dealkylation sites (tertiary alicyclic amines) is 1. The Bertz CT molecular complexity index is 455. The standard InChI is InChI=1S/C15H20ClNO2/c1-11-5-6-12(9-13(11)16)14(10-15(18)19)17-7-3-2-4-8-17/h5-6,9,14H,2-4,7-8,10H2,1H3,(H,18,19). The molecule has 0 spiro atoms. The number of carbonyl (C=O) groups is 1. The van der Waals surface area contributed by atoms with Gasteiger partial charge in [-0.15, -0.1) is 0 Å². The molecule has 1 atom stereocenters. The maximum atomic E-state index is 11.1. The van der Waals surface area contributed by atoms with E-state index in [1.165, 1.54) is 6.42 Å². The first-order valence-electron chi connectivity index (χ1n) is 6.80. The summed E-state index contributed by atoms with van der Waals surface area (Å²) in [5, 5.41) is 9.85. The first-order chi connectivity index (χ1) is 9.08. The second-order valence-electron chi connectivity index (χ2n) is 5.22. The van der Waals surface area contributed by atoms with E-state index < -0.39 is 5.97 Å². The van der Waals surface area contributed by atoms with Crippen LogP contribution in [0.25, 0.3) is 0 Å². The molecular formula is C15H20ClNO2. The number of aryl methyl sites for hydroxylation is 1. The van der Waals surface area contributed by atoms with E-state index >= 15 is 0 Å². The SMILES string of the molecule is Cc1ccc(C(CC(=O)O)N2CCCCC2)cc1Cl. The fourth-order valence-electron chi connectivity index (χ4n) is 2.67. The fourth-order valence-corrected chi connectivity index (χ4v) is 2.86. The summed E-state index contributed by atoms with van der Waals surface area (Å²) in [6.07, 6.45) is 3.68. The lowest BCUT2D eigenvalue weighted by Crippen LogP contribution is -2.35. The van der Waals surface area contributed by atoms with Crippen LogP contribution in [-0.2, 0) is 4.79 Å². The molecule has 104 valence electrons. The molecule has 0 aliphatic carbocycles. The fraction of sp³-hybridized carbons (Fsp3) is 0.533. The van der Waals surface area contributed by atoms with E-state index in [1.54, 1.807) is 0 Å². The minimum Gasteiger partial charge on any atom is -0.481 e. The minimum atomic E-state index is -0.757. The van der Waals surface area contributed by atoms with Gasteiger partial charge in [-0.25, -0.2) is 0 Å². The maximum Gasteiger partial charge on any atom is 0.305 e. The molecule has 1 aliphatic rings. The molecule has 1 aliphatic heterocycles. The largest absolute Gasteiger partial charge is 0.481 e. The molecule has 1 N–H and O–H groups in total. The molecular weight excluding hydrogens is 262 g/mol. The molecule has 0 aromatic heterocycles. The van der Waals surface area contributed by atoms with Gasteiger partial charge in [-0.1, -0.05) is 30.2 Å². The molecule has 0 saturated carbocycles. The van der Waals surface area contributed by atoms with Crippen LogP contribution in [0.3, 0.4) is 0 Å². The monoisotopic (exact) mass is 281 g/mol. The first-order valence-corrected chi connectivity index (χ1v) is 7.17. The lowest BCUT2D eigenvalue weighted by atomic mass is 9.98. The van der Waals surface area contributed by atoms with Crippen LogP contribution in [0.15, 0.2) is 18.2 Å². The highest BCUT2D eigenvalue weighted by Gasteiger charge is 2.24. The number of carboxylic acids is 1. The van der Waals surface area contributed by atoms with E-state index in [9.17, 15) is 4.79 Å². The number of hydrogen-bond acceptors (Lipinski definition) is 2. The second-order valence-corrected chi connectivity index (χ2v) is 5.63. The Morgan fingerprint density at radius 1 is 1.37 bits per heavy atom. The van der Waals surface area contributed by atoms with Gasteiger partial charge in [0.05, 0.1) is 6.42 Å². The highest BCUT2D eigenvalue weighted by Crippen LogP contribution is 2.30. The van der Waals surface area contributed by atoms with Crippen molar-refractivity contribution in [2.75, 3.05) is 13.1 Å². The summed E-state index contributed by atoms with van der Waals surface area (Å²) >= 11 is 6.17. The minimum absolute atomic E-state index is 0.0594. The van der Waals surface area contributed by atoms with Gasteiger partial charge >= 0.3 is 5.97 Å². The van der Waals surface area contributed by atoms with E-state index in [0.717, 1.165) is 37.1 Å². The summed E-state index contributed by atoms with van der Waals surface area (Å²) in [7, 11) is 0. The van der Waals surface area contributed by atoms with E-state index in [1.807, 2.05) is 25.1 Å². The Hall–Kier alpha value is -1.06. The predicted molar refractivity (Wildman–Crippen MR) is 76.6 cm³/mol. The third kappa shape index (κ3) is 3.71. The lowest BCUT2D eigenvalue weighted by molar-refractivity contribution is -0.138. The van der Waals surface area contributed by atoms with Gasteiger partial charge < -0.3 is 5.11 Å². The number of benzene rings is 1. The van der Waals surface area contributed by atoms with Crippen molar-refractivity contribution in [1.29, 1.82) is 0 Å². The Morgan fingerprint density at radius 3 is 2.63 bits per heavy atom. The molecule has 4 heteroatoms. The molecule has 19 heavy (non-hydrogen) atoms. The molecule has 1 aromatic rings. The van der Waals surface area contributed by atoms with Crippen molar-refractivity contribution >= 4 is 17.6 Å². The van der Waals surface area contributed by atoms with Crippen molar-refractivity contribution in [3.63, 3.8) is 0 Å². The Kier molecular flexibility index (Phi) is 4.83. The maximum absolute atomic E-state index is 11.1. The van der Waals surface area contributed by atoms with Crippen LogP contribution in [0.2, 0.25) is 5.02 Å². The van der Waals surface area contributed by atoms with Crippen LogP contribution in [0.1, 0.15) is 42.9 Å². The number of aliphatic carboxylic acids is 1. The molecule has 2 rings (SSSR count). The summed E-state index contributed by atoms with van der Waals surface area (Å²) in [5.74, 6) is -0.757.